The summed E-state index contributed by atoms with van der Waals surface area (Å²) < 4.78 is 12.7. The Bertz CT molecular complexity index is 996. The zero-order valence-electron chi connectivity index (χ0n) is 21.3. The van der Waals surface area contributed by atoms with Gasteiger partial charge in [0, 0.05) is 48.7 Å². The quantitative estimate of drug-likeness (QED) is 0.601. The summed E-state index contributed by atoms with van der Waals surface area (Å²) in [5.74, 6) is 1.70. The average Bonchev–Trinajstić information content (AvgIpc) is 3.70. The molecule has 2 saturated carbocycles. The van der Waals surface area contributed by atoms with Gasteiger partial charge in [-0.2, -0.15) is 5.26 Å². The summed E-state index contributed by atoms with van der Waals surface area (Å²) >= 11 is 0. The highest BCUT2D eigenvalue weighted by molar-refractivity contribution is 6.62. The Morgan fingerprint density at radius 1 is 1.18 bits per heavy atom. The second-order valence-electron chi connectivity index (χ2n) is 11.5. The van der Waals surface area contributed by atoms with Crippen molar-refractivity contribution in [2.75, 3.05) is 24.5 Å². The number of hydrogen-bond acceptors (Lipinski definition) is 6. The number of carbonyl (C=O) groups excluding carboxylic acids is 1. The molecule has 0 unspecified atom stereocenters. The lowest BCUT2D eigenvalue weighted by Gasteiger charge is -2.42. The van der Waals surface area contributed by atoms with Crippen LogP contribution in [0.5, 0.6) is 0 Å². The second kappa shape index (κ2) is 8.53. The number of nitriles is 1. The van der Waals surface area contributed by atoms with Crippen molar-refractivity contribution < 1.29 is 14.1 Å². The number of anilines is 1. The van der Waals surface area contributed by atoms with Gasteiger partial charge in [0.1, 0.15) is 11.9 Å². The van der Waals surface area contributed by atoms with Crippen LogP contribution in [-0.4, -0.2) is 59.8 Å². The zero-order chi connectivity index (χ0) is 24.3. The summed E-state index contributed by atoms with van der Waals surface area (Å²) in [6.45, 7) is 12.5. The molecule has 2 saturated heterocycles. The fraction of sp³-hybridized carbons (Fsp3) is 0.731. The van der Waals surface area contributed by atoms with E-state index >= 15 is 0 Å². The van der Waals surface area contributed by atoms with Gasteiger partial charge in [0.15, 0.2) is 0 Å². The van der Waals surface area contributed by atoms with Crippen LogP contribution in [0.25, 0.3) is 0 Å². The van der Waals surface area contributed by atoms with Crippen LogP contribution < -0.4 is 10.4 Å². The van der Waals surface area contributed by atoms with Crippen LogP contribution >= 0.6 is 0 Å². The summed E-state index contributed by atoms with van der Waals surface area (Å²) in [4.78, 5) is 22.3. The van der Waals surface area contributed by atoms with E-state index in [4.69, 9.17) is 14.3 Å². The Kier molecular flexibility index (Phi) is 5.93. The third-order valence-electron chi connectivity index (χ3n) is 8.27. The minimum absolute atomic E-state index is 0.173. The van der Waals surface area contributed by atoms with E-state index in [0.29, 0.717) is 30.5 Å². The third-order valence-corrected chi connectivity index (χ3v) is 8.27. The number of nitrogens with zero attached hydrogens (tertiary/aromatic N) is 4. The predicted molar refractivity (Wildman–Crippen MR) is 132 cm³/mol. The van der Waals surface area contributed by atoms with Crippen LogP contribution in [0.1, 0.15) is 90.3 Å². The summed E-state index contributed by atoms with van der Waals surface area (Å²) in [6, 6.07) is 4.52. The zero-order valence-corrected chi connectivity index (χ0v) is 21.3. The van der Waals surface area contributed by atoms with Gasteiger partial charge in [-0.05, 0) is 65.9 Å². The molecule has 2 aliphatic carbocycles. The van der Waals surface area contributed by atoms with Crippen LogP contribution in [-0.2, 0) is 14.1 Å². The summed E-state index contributed by atoms with van der Waals surface area (Å²) in [7, 11) is -0.518. The normalized spacial score (nSPS) is 26.0. The van der Waals surface area contributed by atoms with Gasteiger partial charge >= 0.3 is 7.12 Å². The van der Waals surface area contributed by atoms with Gasteiger partial charge in [-0.25, -0.2) is 4.98 Å². The van der Waals surface area contributed by atoms with E-state index in [1.54, 1.807) is 0 Å². The van der Waals surface area contributed by atoms with E-state index in [1.165, 1.54) is 0 Å². The molecule has 1 amide bonds. The topological polar surface area (TPSA) is 78.7 Å². The number of amides is 1. The number of piperazine rings is 1. The molecule has 0 bridgehead atoms. The van der Waals surface area contributed by atoms with Gasteiger partial charge in [0.25, 0.3) is 0 Å². The SMILES string of the molecule is CCC[C@@H]1CN(c2nc(C3CC3)c(B3OC(C)(C)C(C)(C)O3)cc2C#N)CCN1C(=O)C1CC1. The Hall–Kier alpha value is -2.11. The van der Waals surface area contributed by atoms with E-state index in [2.05, 4.69) is 22.8 Å². The first-order valence-electron chi connectivity index (χ1n) is 13.0. The van der Waals surface area contributed by atoms with E-state index in [1.807, 2.05) is 33.8 Å². The molecule has 1 aromatic heterocycles. The number of hydrogen-bond donors (Lipinski definition) is 0. The number of pyridine rings is 1. The molecule has 1 aromatic rings. The smallest absolute Gasteiger partial charge is 0.399 e. The number of carbonyl (C=O) groups is 1. The van der Waals surface area contributed by atoms with E-state index in [0.717, 1.165) is 62.0 Å². The van der Waals surface area contributed by atoms with Gasteiger partial charge in [-0.3, -0.25) is 4.79 Å². The van der Waals surface area contributed by atoms with Crippen molar-refractivity contribution in [1.29, 1.82) is 5.26 Å². The fourth-order valence-electron chi connectivity index (χ4n) is 5.18. The standard InChI is InChI=1S/C26H37BN4O3/c1-6-7-20-16-30(12-13-31(20)24(32)18-10-11-18)23-19(15-28)14-21(22(29-23)17-8-9-17)27-33-25(2,3)26(4,5)34-27/h14,17-18,20H,6-13,16H2,1-5H3/t20-/m1/s1. The first kappa shape index (κ1) is 23.6. The maximum Gasteiger partial charge on any atom is 0.496 e. The Morgan fingerprint density at radius 3 is 2.41 bits per heavy atom. The highest BCUT2D eigenvalue weighted by atomic mass is 16.7. The molecule has 0 N–H and O–H groups in total. The van der Waals surface area contributed by atoms with Gasteiger partial charge < -0.3 is 19.1 Å². The van der Waals surface area contributed by atoms with E-state index < -0.39 is 18.3 Å². The molecular weight excluding hydrogens is 427 g/mol. The number of aromatic nitrogens is 1. The molecule has 3 heterocycles. The van der Waals surface area contributed by atoms with Crippen molar-refractivity contribution in [3.8, 4) is 6.07 Å². The van der Waals surface area contributed by atoms with Crippen LogP contribution in [0.15, 0.2) is 6.07 Å². The molecule has 0 aromatic carbocycles. The van der Waals surface area contributed by atoms with Gasteiger partial charge in [-0.15, -0.1) is 0 Å². The van der Waals surface area contributed by atoms with Crippen molar-refractivity contribution in [3.63, 3.8) is 0 Å². The number of rotatable bonds is 6. The Balaban J connectivity index is 1.45. The molecule has 4 aliphatic rings. The Labute approximate surface area is 203 Å². The maximum absolute atomic E-state index is 12.9. The average molecular weight is 464 g/mol. The highest BCUT2D eigenvalue weighted by Gasteiger charge is 2.53. The summed E-state index contributed by atoms with van der Waals surface area (Å²) in [6.07, 6.45) is 6.27. The molecule has 0 spiro atoms. The third kappa shape index (κ3) is 4.22. The molecule has 182 valence electrons. The molecule has 8 heteroatoms. The van der Waals surface area contributed by atoms with Crippen molar-refractivity contribution >= 4 is 24.3 Å². The first-order chi connectivity index (χ1) is 16.1. The molecule has 5 rings (SSSR count). The van der Waals surface area contributed by atoms with Crippen molar-refractivity contribution in [3.05, 3.63) is 17.3 Å². The molecule has 34 heavy (non-hydrogen) atoms. The van der Waals surface area contributed by atoms with Crippen LogP contribution in [0.4, 0.5) is 5.82 Å². The van der Waals surface area contributed by atoms with E-state index in [-0.39, 0.29) is 12.0 Å². The molecular formula is C26H37BN4O3. The Morgan fingerprint density at radius 2 is 1.85 bits per heavy atom. The predicted octanol–water partition coefficient (Wildman–Crippen LogP) is 3.36. The first-order valence-corrected chi connectivity index (χ1v) is 13.0. The van der Waals surface area contributed by atoms with Crippen LogP contribution in [0.3, 0.4) is 0 Å². The van der Waals surface area contributed by atoms with Crippen molar-refractivity contribution in [2.45, 2.75) is 96.3 Å². The lowest BCUT2D eigenvalue weighted by Crippen LogP contribution is -2.56. The maximum atomic E-state index is 12.9. The van der Waals surface area contributed by atoms with Crippen molar-refractivity contribution in [2.24, 2.45) is 5.92 Å². The molecule has 4 fully saturated rings. The van der Waals surface area contributed by atoms with Crippen molar-refractivity contribution in [1.82, 2.24) is 9.88 Å². The monoisotopic (exact) mass is 464 g/mol. The minimum atomic E-state index is -0.518. The van der Waals surface area contributed by atoms with Gasteiger partial charge in [0.2, 0.25) is 5.91 Å². The van der Waals surface area contributed by atoms with Gasteiger partial charge in [0.05, 0.1) is 16.8 Å². The summed E-state index contributed by atoms with van der Waals surface area (Å²) in [5, 5.41) is 10.1. The molecule has 7 nitrogen and oxygen atoms in total. The molecule has 1 atom stereocenters. The second-order valence-corrected chi connectivity index (χ2v) is 11.5. The summed E-state index contributed by atoms with van der Waals surface area (Å²) in [5.41, 5.74) is 1.58. The fourth-order valence-corrected chi connectivity index (χ4v) is 5.18. The van der Waals surface area contributed by atoms with Crippen LogP contribution in [0.2, 0.25) is 0 Å². The minimum Gasteiger partial charge on any atom is -0.399 e. The van der Waals surface area contributed by atoms with Crippen LogP contribution in [0, 0.1) is 17.2 Å². The molecule has 0 radical (unpaired) electrons. The largest absolute Gasteiger partial charge is 0.496 e. The molecule has 2 aliphatic heterocycles. The lowest BCUT2D eigenvalue weighted by molar-refractivity contribution is -0.135. The van der Waals surface area contributed by atoms with E-state index in [9.17, 15) is 10.1 Å². The lowest BCUT2D eigenvalue weighted by atomic mass is 9.76. The van der Waals surface area contributed by atoms with Gasteiger partial charge in [-0.1, -0.05) is 13.3 Å². The highest BCUT2D eigenvalue weighted by Crippen LogP contribution is 2.42.